The summed E-state index contributed by atoms with van der Waals surface area (Å²) in [6.07, 6.45) is 0. The van der Waals surface area contributed by atoms with E-state index in [1.807, 2.05) is 12.1 Å². The Balaban J connectivity index is 2.23. The molecule has 0 heterocycles. The average Bonchev–Trinajstić information content (AvgIpc) is 2.62. The van der Waals surface area contributed by atoms with E-state index in [4.69, 9.17) is 11.6 Å². The monoisotopic (exact) mass is 394 g/mol. The molecule has 5 nitrogen and oxygen atoms in total. The van der Waals surface area contributed by atoms with E-state index < -0.39 is 10.0 Å². The van der Waals surface area contributed by atoms with Gasteiger partial charge in [0.2, 0.25) is 10.0 Å². The summed E-state index contributed by atoms with van der Waals surface area (Å²) >= 11 is 5.87. The molecule has 0 unspecified atom stereocenters. The highest BCUT2D eigenvalue weighted by atomic mass is 35.5. The Hall–Kier alpha value is -1.89. The van der Waals surface area contributed by atoms with E-state index >= 15 is 0 Å². The van der Waals surface area contributed by atoms with Gasteiger partial charge in [0.15, 0.2) is 0 Å². The molecular formula is C19H23ClN2O3S. The van der Waals surface area contributed by atoms with Crippen molar-refractivity contribution >= 4 is 27.5 Å². The Morgan fingerprint density at radius 2 is 1.69 bits per heavy atom. The molecule has 0 N–H and O–H groups in total. The first-order chi connectivity index (χ1) is 12.1. The molecule has 2 rings (SSSR count). The third-order valence-corrected chi connectivity index (χ3v) is 6.45. The molecule has 0 atom stereocenters. The van der Waals surface area contributed by atoms with E-state index in [0.717, 1.165) is 5.56 Å². The number of hydrogen-bond donors (Lipinski definition) is 0. The lowest BCUT2D eigenvalue weighted by atomic mass is 10.1. The number of benzene rings is 2. The van der Waals surface area contributed by atoms with E-state index in [1.165, 1.54) is 23.5 Å². The number of hydrogen-bond acceptors (Lipinski definition) is 3. The van der Waals surface area contributed by atoms with Gasteiger partial charge in [0.25, 0.3) is 5.91 Å². The summed E-state index contributed by atoms with van der Waals surface area (Å²) in [4.78, 5) is 14.3. The fraction of sp³-hybridized carbons (Fsp3) is 0.316. The van der Waals surface area contributed by atoms with Crippen molar-refractivity contribution in [3.05, 3.63) is 64.7 Å². The molecule has 0 saturated carbocycles. The van der Waals surface area contributed by atoms with Crippen LogP contribution in [0.1, 0.15) is 29.8 Å². The molecule has 0 aliphatic rings. The first kappa shape index (κ1) is 20.4. The minimum absolute atomic E-state index is 0.111. The van der Waals surface area contributed by atoms with Crippen LogP contribution in [0.25, 0.3) is 0 Å². The molecule has 2 aromatic carbocycles. The van der Waals surface area contributed by atoms with Crippen LogP contribution >= 0.6 is 11.6 Å². The summed E-state index contributed by atoms with van der Waals surface area (Å²) in [6.45, 7) is 4.00. The molecule has 2 aromatic rings. The molecule has 26 heavy (non-hydrogen) atoms. The van der Waals surface area contributed by atoms with Crippen LogP contribution in [0.15, 0.2) is 53.4 Å². The topological polar surface area (TPSA) is 57.7 Å². The molecular weight excluding hydrogens is 372 g/mol. The minimum Gasteiger partial charge on any atom is -0.337 e. The number of carbonyl (C=O) groups excluding carboxylic acids is 1. The van der Waals surface area contributed by atoms with Gasteiger partial charge in [-0.05, 0) is 49.7 Å². The highest BCUT2D eigenvalue weighted by Gasteiger charge is 2.24. The third-order valence-electron chi connectivity index (χ3n) is 4.16. The van der Waals surface area contributed by atoms with Crippen LogP contribution in [0.3, 0.4) is 0 Å². The molecule has 0 aromatic heterocycles. The zero-order valence-electron chi connectivity index (χ0n) is 15.3. The van der Waals surface area contributed by atoms with Crippen molar-refractivity contribution in [3.63, 3.8) is 0 Å². The highest BCUT2D eigenvalue weighted by molar-refractivity contribution is 7.89. The van der Waals surface area contributed by atoms with Crippen LogP contribution in [0, 0.1) is 0 Å². The summed E-state index contributed by atoms with van der Waals surface area (Å²) in [6, 6.07) is 13.2. The number of amides is 1. The summed E-state index contributed by atoms with van der Waals surface area (Å²) in [5.41, 5.74) is 1.27. The van der Waals surface area contributed by atoms with Gasteiger partial charge in [-0.25, -0.2) is 8.42 Å². The van der Waals surface area contributed by atoms with Gasteiger partial charge < -0.3 is 4.90 Å². The third kappa shape index (κ3) is 4.63. The van der Waals surface area contributed by atoms with Crippen LogP contribution in [0.2, 0.25) is 5.02 Å². The maximum atomic E-state index is 12.7. The first-order valence-corrected chi connectivity index (χ1v) is 10.0. The van der Waals surface area contributed by atoms with Crippen LogP contribution in [0.5, 0.6) is 0 Å². The number of sulfonamides is 1. The molecule has 0 aliphatic heterocycles. The number of rotatable bonds is 6. The fourth-order valence-corrected chi connectivity index (χ4v) is 3.93. The minimum atomic E-state index is -3.64. The van der Waals surface area contributed by atoms with Crippen LogP contribution < -0.4 is 0 Å². The Kier molecular flexibility index (Phi) is 6.44. The lowest BCUT2D eigenvalue weighted by Gasteiger charge is -2.22. The Morgan fingerprint density at radius 1 is 1.08 bits per heavy atom. The smallest absolute Gasteiger partial charge is 0.253 e. The number of carbonyl (C=O) groups is 1. The van der Waals surface area contributed by atoms with Crippen molar-refractivity contribution in [2.45, 2.75) is 31.3 Å². The van der Waals surface area contributed by atoms with Crippen LogP contribution in [-0.2, 0) is 16.6 Å². The Morgan fingerprint density at radius 3 is 2.27 bits per heavy atom. The molecule has 7 heteroatoms. The molecule has 0 spiro atoms. The average molecular weight is 395 g/mol. The largest absolute Gasteiger partial charge is 0.337 e. The predicted molar refractivity (Wildman–Crippen MR) is 104 cm³/mol. The SMILES string of the molecule is CC(C)N(C)S(=O)(=O)c1cccc(C(=O)N(C)Cc2ccc(Cl)cc2)c1. The lowest BCUT2D eigenvalue weighted by molar-refractivity contribution is 0.0785. The van der Waals surface area contributed by atoms with Crippen molar-refractivity contribution in [3.8, 4) is 0 Å². The molecule has 0 fully saturated rings. The second-order valence-electron chi connectivity index (χ2n) is 6.43. The maximum absolute atomic E-state index is 12.7. The van der Waals surface area contributed by atoms with Gasteiger partial charge in [0.1, 0.15) is 0 Å². The van der Waals surface area contributed by atoms with E-state index in [1.54, 1.807) is 50.1 Å². The zero-order chi connectivity index (χ0) is 19.5. The Bertz CT molecular complexity index is 880. The lowest BCUT2D eigenvalue weighted by Crippen LogP contribution is -2.33. The van der Waals surface area contributed by atoms with Gasteiger partial charge in [-0.1, -0.05) is 29.8 Å². The van der Waals surface area contributed by atoms with Gasteiger partial charge in [0, 0.05) is 37.3 Å². The molecule has 140 valence electrons. The molecule has 1 amide bonds. The normalized spacial score (nSPS) is 11.8. The summed E-state index contributed by atoms with van der Waals surface area (Å²) < 4.78 is 26.5. The molecule has 0 saturated heterocycles. The second-order valence-corrected chi connectivity index (χ2v) is 8.86. The van der Waals surface area contributed by atoms with Crippen LogP contribution in [-0.4, -0.2) is 43.7 Å². The predicted octanol–water partition coefficient (Wildman–Crippen LogP) is 3.64. The van der Waals surface area contributed by atoms with Crippen molar-refractivity contribution in [1.82, 2.24) is 9.21 Å². The van der Waals surface area contributed by atoms with Gasteiger partial charge >= 0.3 is 0 Å². The standard InChI is InChI=1S/C19H23ClN2O3S/c1-14(2)22(4)26(24,25)18-7-5-6-16(12-18)19(23)21(3)13-15-8-10-17(20)11-9-15/h5-12,14H,13H2,1-4H3. The molecule has 0 radical (unpaired) electrons. The van der Waals surface area contributed by atoms with E-state index in [2.05, 4.69) is 0 Å². The molecule has 0 aliphatic carbocycles. The van der Waals surface area contributed by atoms with E-state index in [-0.39, 0.29) is 16.8 Å². The number of nitrogens with zero attached hydrogens (tertiary/aromatic N) is 2. The summed E-state index contributed by atoms with van der Waals surface area (Å²) in [7, 11) is -0.428. The van der Waals surface area contributed by atoms with Crippen LogP contribution in [0.4, 0.5) is 0 Å². The van der Waals surface area contributed by atoms with Crippen molar-refractivity contribution in [2.24, 2.45) is 0 Å². The Labute approximate surface area is 160 Å². The van der Waals surface area contributed by atoms with Crippen molar-refractivity contribution in [2.75, 3.05) is 14.1 Å². The van der Waals surface area contributed by atoms with Gasteiger partial charge in [-0.2, -0.15) is 4.31 Å². The van der Waals surface area contributed by atoms with Crippen molar-refractivity contribution in [1.29, 1.82) is 0 Å². The zero-order valence-corrected chi connectivity index (χ0v) is 16.9. The fourth-order valence-electron chi connectivity index (χ4n) is 2.39. The van der Waals surface area contributed by atoms with Crippen molar-refractivity contribution < 1.29 is 13.2 Å². The molecule has 0 bridgehead atoms. The second kappa shape index (κ2) is 8.20. The van der Waals surface area contributed by atoms with E-state index in [9.17, 15) is 13.2 Å². The quantitative estimate of drug-likeness (QED) is 0.751. The summed E-state index contributed by atoms with van der Waals surface area (Å²) in [5, 5.41) is 0.634. The van der Waals surface area contributed by atoms with E-state index in [0.29, 0.717) is 17.1 Å². The van der Waals surface area contributed by atoms with Gasteiger partial charge in [-0.15, -0.1) is 0 Å². The summed E-state index contributed by atoms with van der Waals surface area (Å²) in [5.74, 6) is -0.246. The number of halogens is 1. The van der Waals surface area contributed by atoms with Gasteiger partial charge in [-0.3, -0.25) is 4.79 Å². The highest BCUT2D eigenvalue weighted by Crippen LogP contribution is 2.19. The van der Waals surface area contributed by atoms with Gasteiger partial charge in [0.05, 0.1) is 4.90 Å². The first-order valence-electron chi connectivity index (χ1n) is 8.21. The maximum Gasteiger partial charge on any atom is 0.253 e.